The van der Waals surface area contributed by atoms with Crippen LogP contribution in [0.5, 0.6) is 0 Å². The van der Waals surface area contributed by atoms with Crippen LogP contribution in [-0.4, -0.2) is 11.4 Å². The lowest BCUT2D eigenvalue weighted by atomic mass is 9.44. The first kappa shape index (κ1) is 31.3. The smallest absolute Gasteiger partial charge is 0.333 e. The zero-order chi connectivity index (χ0) is 38.2. The van der Waals surface area contributed by atoms with Crippen molar-refractivity contribution in [2.24, 2.45) is 0 Å². The SMILES string of the molecule is CC(C)(C)c1ccc(N2B3c4cc5sc6ccccc6c5cc4-n4c5ccc6c7ccccc7oc6c5c5ccc(c3c54)-c3cc4oc5ccccc5c4cc32)cc1. The third-order valence-electron chi connectivity index (χ3n) is 13.1. The maximum atomic E-state index is 6.82. The molecule has 0 spiro atoms. The van der Waals surface area contributed by atoms with Crippen LogP contribution >= 0.6 is 11.3 Å². The minimum Gasteiger partial charge on any atom is -0.456 e. The number of fused-ring (bicyclic) bond motifs is 18. The molecule has 4 nitrogen and oxygen atoms in total. The molecule has 6 heteroatoms. The Morgan fingerprint density at radius 1 is 0.534 bits per heavy atom. The van der Waals surface area contributed by atoms with Gasteiger partial charge in [-0.1, -0.05) is 99.6 Å². The predicted octanol–water partition coefficient (Wildman–Crippen LogP) is 13.5. The van der Waals surface area contributed by atoms with Crippen molar-refractivity contribution in [3.8, 4) is 16.8 Å². The van der Waals surface area contributed by atoms with Gasteiger partial charge in [-0.25, -0.2) is 0 Å². The summed E-state index contributed by atoms with van der Waals surface area (Å²) >= 11 is 1.89. The second-order valence-corrected chi connectivity index (χ2v) is 18.3. The maximum Gasteiger partial charge on any atom is 0.333 e. The first-order chi connectivity index (χ1) is 28.4. The standard InChI is InChI=1S/C52H33BN2O2S/c1-52(2,3)28-16-18-29(19-17-28)55-41-24-37-31-11-5-7-13-43(31)56-45(37)26-36(41)33-20-21-35-48-40(23-22-34-30-10-4-8-14-44(30)57-51(34)48)54-42-25-38-32-12-6-9-15-46(32)58-47(38)27-39(42)53(55)49(33)50(35)54/h4-27H,1-3H3. The van der Waals surface area contributed by atoms with E-state index in [1.54, 1.807) is 0 Å². The van der Waals surface area contributed by atoms with E-state index in [1.165, 1.54) is 75.8 Å². The van der Waals surface area contributed by atoms with Crippen molar-refractivity contribution < 1.29 is 8.83 Å². The molecule has 0 bridgehead atoms. The molecule has 0 atom stereocenters. The summed E-state index contributed by atoms with van der Waals surface area (Å²) in [6, 6.07) is 54.0. The van der Waals surface area contributed by atoms with Gasteiger partial charge in [0.05, 0.1) is 16.4 Å². The third-order valence-corrected chi connectivity index (χ3v) is 14.3. The highest BCUT2D eigenvalue weighted by atomic mass is 32.1. The van der Waals surface area contributed by atoms with Crippen LogP contribution in [0.2, 0.25) is 0 Å². The molecule has 0 aliphatic carbocycles. The van der Waals surface area contributed by atoms with Crippen molar-refractivity contribution in [1.29, 1.82) is 0 Å². The summed E-state index contributed by atoms with van der Waals surface area (Å²) in [4.78, 5) is 2.63. The van der Waals surface area contributed by atoms with E-state index in [2.05, 4.69) is 176 Å². The molecular weight excluding hydrogens is 727 g/mol. The molecule has 0 fully saturated rings. The third kappa shape index (κ3) is 3.86. The summed E-state index contributed by atoms with van der Waals surface area (Å²) < 4.78 is 18.6. The number of furan rings is 2. The van der Waals surface area contributed by atoms with E-state index in [4.69, 9.17) is 8.83 Å². The van der Waals surface area contributed by atoms with Crippen molar-refractivity contribution >= 4 is 126 Å². The molecule has 4 aromatic heterocycles. The van der Waals surface area contributed by atoms with Crippen molar-refractivity contribution in [1.82, 2.24) is 4.57 Å². The minimum absolute atomic E-state index is 0.0338. The lowest BCUT2D eigenvalue weighted by Gasteiger charge is -2.42. The fourth-order valence-electron chi connectivity index (χ4n) is 10.5. The van der Waals surface area contributed by atoms with E-state index < -0.39 is 0 Å². The predicted molar refractivity (Wildman–Crippen MR) is 246 cm³/mol. The van der Waals surface area contributed by atoms with Crippen LogP contribution in [0.4, 0.5) is 11.4 Å². The summed E-state index contributed by atoms with van der Waals surface area (Å²) in [5.41, 5.74) is 16.0. The average Bonchev–Trinajstić information content (AvgIpc) is 4.00. The van der Waals surface area contributed by atoms with E-state index >= 15 is 0 Å². The minimum atomic E-state index is -0.102. The number of thiophene rings is 1. The zero-order valence-corrected chi connectivity index (χ0v) is 32.9. The van der Waals surface area contributed by atoms with Crippen LogP contribution in [0.1, 0.15) is 26.3 Å². The van der Waals surface area contributed by atoms with Crippen LogP contribution in [0.25, 0.3) is 103 Å². The Labute approximate surface area is 337 Å². The van der Waals surface area contributed by atoms with Gasteiger partial charge in [-0.2, -0.15) is 0 Å². The van der Waals surface area contributed by atoms with E-state index in [9.17, 15) is 0 Å². The molecular formula is C52H33BN2O2S. The van der Waals surface area contributed by atoms with Crippen molar-refractivity contribution in [2.75, 3.05) is 4.81 Å². The maximum absolute atomic E-state index is 6.82. The Morgan fingerprint density at radius 3 is 2.05 bits per heavy atom. The Balaban J connectivity index is 1.18. The molecule has 0 unspecified atom stereocenters. The number of nitrogens with zero attached hydrogens (tertiary/aromatic N) is 2. The topological polar surface area (TPSA) is 34.5 Å². The molecule has 12 aromatic rings. The second-order valence-electron chi connectivity index (χ2n) is 17.2. The molecule has 272 valence electrons. The molecule has 0 saturated heterocycles. The quantitative estimate of drug-likeness (QED) is 0.156. The number of aromatic nitrogens is 1. The summed E-state index contributed by atoms with van der Waals surface area (Å²) in [6.07, 6.45) is 0. The van der Waals surface area contributed by atoms with Gasteiger partial charge < -0.3 is 18.2 Å². The number of rotatable bonds is 1. The van der Waals surface area contributed by atoms with E-state index in [0.29, 0.717) is 0 Å². The fraction of sp³-hybridized carbons (Fsp3) is 0.0769. The van der Waals surface area contributed by atoms with E-state index in [0.717, 1.165) is 54.8 Å². The van der Waals surface area contributed by atoms with Gasteiger partial charge in [0.1, 0.15) is 22.3 Å². The van der Waals surface area contributed by atoms with Gasteiger partial charge in [0.25, 0.3) is 0 Å². The molecule has 8 aromatic carbocycles. The van der Waals surface area contributed by atoms with Gasteiger partial charge >= 0.3 is 6.85 Å². The van der Waals surface area contributed by atoms with Gasteiger partial charge in [-0.3, -0.25) is 0 Å². The normalized spacial score (nSPS) is 13.7. The number of benzene rings is 8. The average molecular weight is 761 g/mol. The molecule has 2 aliphatic rings. The van der Waals surface area contributed by atoms with Gasteiger partial charge in [0.15, 0.2) is 0 Å². The van der Waals surface area contributed by atoms with E-state index in [1.807, 2.05) is 11.3 Å². The van der Waals surface area contributed by atoms with Crippen molar-refractivity contribution in [3.63, 3.8) is 0 Å². The van der Waals surface area contributed by atoms with Crippen LogP contribution in [-0.2, 0) is 5.41 Å². The molecule has 2 aliphatic heterocycles. The molecule has 0 N–H and O–H groups in total. The van der Waals surface area contributed by atoms with Gasteiger partial charge in [0, 0.05) is 69.7 Å². The Hall–Kier alpha value is -6.76. The number of para-hydroxylation sites is 2. The monoisotopic (exact) mass is 760 g/mol. The first-order valence-electron chi connectivity index (χ1n) is 20.1. The molecule has 58 heavy (non-hydrogen) atoms. The van der Waals surface area contributed by atoms with Crippen LogP contribution in [0.3, 0.4) is 0 Å². The van der Waals surface area contributed by atoms with Crippen LogP contribution in [0.15, 0.2) is 154 Å². The summed E-state index contributed by atoms with van der Waals surface area (Å²) in [5, 5.41) is 9.52. The fourth-order valence-corrected chi connectivity index (χ4v) is 11.6. The highest BCUT2D eigenvalue weighted by Crippen LogP contribution is 2.50. The highest BCUT2D eigenvalue weighted by Gasteiger charge is 2.45. The summed E-state index contributed by atoms with van der Waals surface area (Å²) in [7, 11) is 0. The largest absolute Gasteiger partial charge is 0.456 e. The van der Waals surface area contributed by atoms with Crippen molar-refractivity contribution in [3.05, 3.63) is 151 Å². The van der Waals surface area contributed by atoms with Crippen LogP contribution in [0, 0.1) is 0 Å². The summed E-state index contributed by atoms with van der Waals surface area (Å²) in [5.74, 6) is 0. The lowest BCUT2D eigenvalue weighted by Crippen LogP contribution is -2.60. The van der Waals surface area contributed by atoms with E-state index in [-0.39, 0.29) is 12.3 Å². The first-order valence-corrected chi connectivity index (χ1v) is 20.9. The number of hydrogen-bond donors (Lipinski definition) is 0. The Kier molecular flexibility index (Phi) is 5.73. The van der Waals surface area contributed by atoms with Gasteiger partial charge in [-0.05, 0) is 94.2 Å². The van der Waals surface area contributed by atoms with Crippen LogP contribution < -0.4 is 15.7 Å². The molecule has 0 radical (unpaired) electrons. The van der Waals surface area contributed by atoms with Gasteiger partial charge in [0.2, 0.25) is 0 Å². The molecule has 6 heterocycles. The summed E-state index contributed by atoms with van der Waals surface area (Å²) in [6.45, 7) is 6.77. The zero-order valence-electron chi connectivity index (χ0n) is 32.1. The lowest BCUT2D eigenvalue weighted by molar-refractivity contribution is 0.590. The highest BCUT2D eigenvalue weighted by molar-refractivity contribution is 7.26. The van der Waals surface area contributed by atoms with Crippen molar-refractivity contribution in [2.45, 2.75) is 26.2 Å². The van der Waals surface area contributed by atoms with Gasteiger partial charge in [-0.15, -0.1) is 11.3 Å². The Morgan fingerprint density at radius 2 is 1.24 bits per heavy atom. The second kappa shape index (κ2) is 10.6. The molecule has 0 saturated carbocycles. The molecule has 0 amide bonds. The number of hydrogen-bond acceptors (Lipinski definition) is 4. The molecule has 14 rings (SSSR count). The number of anilines is 2. The Bertz CT molecular complexity index is 3800.